The van der Waals surface area contributed by atoms with Gasteiger partial charge >= 0.3 is 0 Å². The van der Waals surface area contributed by atoms with Crippen LogP contribution in [0.4, 0.5) is 4.39 Å². The highest BCUT2D eigenvalue weighted by Gasteiger charge is 2.27. The molecule has 33 heavy (non-hydrogen) atoms. The lowest BCUT2D eigenvalue weighted by molar-refractivity contribution is 0.607. The van der Waals surface area contributed by atoms with Crippen LogP contribution < -0.4 is 10.4 Å². The molecular formula is C32H27F. The Bertz CT molecular complexity index is 1610. The quantitative estimate of drug-likeness (QED) is 0.359. The van der Waals surface area contributed by atoms with Gasteiger partial charge in [0.25, 0.3) is 0 Å². The Balaban J connectivity index is 1.77. The molecule has 0 spiro atoms. The van der Waals surface area contributed by atoms with Crippen LogP contribution in [0.3, 0.4) is 0 Å². The summed E-state index contributed by atoms with van der Waals surface area (Å²) in [5.74, 6) is 0.274. The van der Waals surface area contributed by atoms with Crippen LogP contribution in [0.25, 0.3) is 11.6 Å². The lowest BCUT2D eigenvalue weighted by Gasteiger charge is -2.29. The molecule has 4 aromatic carbocycles. The highest BCUT2D eigenvalue weighted by Crippen LogP contribution is 2.36. The monoisotopic (exact) mass is 430 g/mol. The van der Waals surface area contributed by atoms with Gasteiger partial charge in [-0.05, 0) is 80.5 Å². The van der Waals surface area contributed by atoms with E-state index in [0.29, 0.717) is 5.92 Å². The lowest BCUT2D eigenvalue weighted by atomic mass is 9.75. The molecule has 0 saturated heterocycles. The minimum absolute atomic E-state index is 0.0850. The summed E-state index contributed by atoms with van der Waals surface area (Å²) in [4.78, 5) is 0. The van der Waals surface area contributed by atoms with E-state index in [0.717, 1.165) is 18.4 Å². The second kappa shape index (κ2) is 7.85. The highest BCUT2D eigenvalue weighted by molar-refractivity contribution is 5.71. The molecule has 2 aliphatic carbocycles. The summed E-state index contributed by atoms with van der Waals surface area (Å²) in [7, 11) is 0. The number of rotatable bonds is 2. The van der Waals surface area contributed by atoms with Crippen molar-refractivity contribution in [2.24, 2.45) is 5.92 Å². The summed E-state index contributed by atoms with van der Waals surface area (Å²) in [5, 5.41) is 5.02. The number of hydrogen-bond acceptors (Lipinski definition) is 0. The minimum Gasteiger partial charge on any atom is -0.207 e. The van der Waals surface area contributed by atoms with Crippen LogP contribution in [-0.2, 0) is 6.42 Å². The second-order valence-corrected chi connectivity index (χ2v) is 9.53. The van der Waals surface area contributed by atoms with Gasteiger partial charge in [-0.3, -0.25) is 0 Å². The van der Waals surface area contributed by atoms with E-state index >= 15 is 4.39 Å². The van der Waals surface area contributed by atoms with E-state index in [1.54, 1.807) is 12.1 Å². The van der Waals surface area contributed by atoms with Gasteiger partial charge in [0.05, 0.1) is 0 Å². The maximum Gasteiger partial charge on any atom is 0.127 e. The molecule has 2 unspecified atom stereocenters. The number of fused-ring (bicyclic) bond motifs is 4. The first kappa shape index (κ1) is 20.2. The number of aryl methyl sites for hydroxylation is 1. The molecule has 162 valence electrons. The largest absolute Gasteiger partial charge is 0.207 e. The smallest absolute Gasteiger partial charge is 0.127 e. The van der Waals surface area contributed by atoms with Crippen molar-refractivity contribution >= 4 is 11.6 Å². The Morgan fingerprint density at radius 1 is 0.788 bits per heavy atom. The zero-order chi connectivity index (χ0) is 22.5. The second-order valence-electron chi connectivity index (χ2n) is 9.53. The van der Waals surface area contributed by atoms with Gasteiger partial charge in [0.15, 0.2) is 0 Å². The summed E-state index contributed by atoms with van der Waals surface area (Å²) in [5.41, 5.74) is 7.45. The fourth-order valence-electron chi connectivity index (χ4n) is 5.92. The highest BCUT2D eigenvalue weighted by atomic mass is 19.1. The van der Waals surface area contributed by atoms with Crippen LogP contribution >= 0.6 is 0 Å². The summed E-state index contributed by atoms with van der Waals surface area (Å²) in [6.07, 6.45) is 4.40. The summed E-state index contributed by atoms with van der Waals surface area (Å²) in [6, 6.07) is 29.3. The molecule has 0 heterocycles. The van der Waals surface area contributed by atoms with E-state index in [-0.39, 0.29) is 11.7 Å². The standard InChI is InChI=1S/C32H27F/c1-20-8-7-10-23(18-20)31-21(2)14-15-28-27(31)17-16-26-24-11-4-3-9-22(24)19-29(32(26)28)25-12-5-6-13-30(25)33/h3-13,16-19,21,29H,14-15H2,1-2H3. The Morgan fingerprint density at radius 2 is 1.58 bits per heavy atom. The maximum atomic E-state index is 15.1. The van der Waals surface area contributed by atoms with Crippen LogP contribution in [0.5, 0.6) is 0 Å². The predicted octanol–water partition coefficient (Wildman–Crippen LogP) is 6.13. The van der Waals surface area contributed by atoms with Gasteiger partial charge in [0, 0.05) is 5.92 Å². The summed E-state index contributed by atoms with van der Waals surface area (Å²) < 4.78 is 15.1. The van der Waals surface area contributed by atoms with Gasteiger partial charge in [-0.15, -0.1) is 0 Å². The Kier molecular flexibility index (Phi) is 4.80. The van der Waals surface area contributed by atoms with Crippen LogP contribution in [-0.4, -0.2) is 0 Å². The van der Waals surface area contributed by atoms with Gasteiger partial charge in [0.1, 0.15) is 5.82 Å². The van der Waals surface area contributed by atoms with Crippen molar-refractivity contribution in [1.29, 1.82) is 0 Å². The zero-order valence-electron chi connectivity index (χ0n) is 19.1. The van der Waals surface area contributed by atoms with Gasteiger partial charge in [0.2, 0.25) is 0 Å². The summed E-state index contributed by atoms with van der Waals surface area (Å²) >= 11 is 0. The number of hydrogen-bond donors (Lipinski definition) is 0. The molecule has 1 heteroatoms. The van der Waals surface area contributed by atoms with E-state index < -0.39 is 0 Å². The van der Waals surface area contributed by atoms with Gasteiger partial charge in [-0.2, -0.15) is 0 Å². The van der Waals surface area contributed by atoms with E-state index in [9.17, 15) is 0 Å². The topological polar surface area (TPSA) is 0 Å². The third-order valence-corrected chi connectivity index (χ3v) is 7.44. The number of benzene rings is 4. The average Bonchev–Trinajstić information content (AvgIpc) is 2.83. The molecule has 4 aromatic rings. The molecule has 0 saturated carbocycles. The first-order valence-corrected chi connectivity index (χ1v) is 11.9. The van der Waals surface area contributed by atoms with Crippen molar-refractivity contribution in [3.05, 3.63) is 139 Å². The predicted molar refractivity (Wildman–Crippen MR) is 134 cm³/mol. The van der Waals surface area contributed by atoms with Crippen molar-refractivity contribution in [3.63, 3.8) is 0 Å². The van der Waals surface area contributed by atoms with E-state index in [1.807, 2.05) is 12.1 Å². The minimum atomic E-state index is -0.131. The molecule has 0 nitrogen and oxygen atoms in total. The van der Waals surface area contributed by atoms with Gasteiger partial charge < -0.3 is 0 Å². The molecular weight excluding hydrogens is 403 g/mol. The maximum absolute atomic E-state index is 15.1. The molecule has 0 N–H and O–H groups in total. The first-order valence-electron chi connectivity index (χ1n) is 11.9. The first-order chi connectivity index (χ1) is 16.1. The van der Waals surface area contributed by atoms with E-state index in [4.69, 9.17) is 0 Å². The third-order valence-electron chi connectivity index (χ3n) is 7.44. The molecule has 0 amide bonds. The van der Waals surface area contributed by atoms with E-state index in [2.05, 4.69) is 80.6 Å². The SMILES string of the molecule is Cc1cccc(C2=c3ccc4c(c3CCC2C)C(c2ccccc2F)C=c2ccccc2=4)c1. The Morgan fingerprint density at radius 3 is 2.42 bits per heavy atom. The Labute approximate surface area is 194 Å². The fourth-order valence-corrected chi connectivity index (χ4v) is 5.92. The van der Waals surface area contributed by atoms with Crippen LogP contribution in [0.15, 0.2) is 84.9 Å². The summed E-state index contributed by atoms with van der Waals surface area (Å²) in [6.45, 7) is 4.50. The van der Waals surface area contributed by atoms with Crippen molar-refractivity contribution in [2.45, 2.75) is 32.6 Å². The van der Waals surface area contributed by atoms with Crippen molar-refractivity contribution in [1.82, 2.24) is 0 Å². The van der Waals surface area contributed by atoms with Gasteiger partial charge in [-0.1, -0.05) is 97.4 Å². The lowest BCUT2D eigenvalue weighted by Crippen LogP contribution is -2.28. The third kappa shape index (κ3) is 3.26. The molecule has 2 atom stereocenters. The van der Waals surface area contributed by atoms with Crippen molar-refractivity contribution in [3.8, 4) is 0 Å². The van der Waals surface area contributed by atoms with E-state index in [1.165, 1.54) is 48.7 Å². The molecule has 6 rings (SSSR count). The van der Waals surface area contributed by atoms with Gasteiger partial charge in [-0.25, -0.2) is 4.39 Å². The van der Waals surface area contributed by atoms with Crippen molar-refractivity contribution < 1.29 is 4.39 Å². The van der Waals surface area contributed by atoms with Crippen LogP contribution in [0, 0.1) is 29.1 Å². The fraction of sp³-hybridized carbons (Fsp3) is 0.188. The normalized spacial score (nSPS) is 18.7. The van der Waals surface area contributed by atoms with Crippen LogP contribution in [0.2, 0.25) is 0 Å². The molecule has 0 radical (unpaired) electrons. The zero-order valence-corrected chi connectivity index (χ0v) is 19.1. The van der Waals surface area contributed by atoms with Crippen LogP contribution in [0.1, 0.15) is 47.1 Å². The molecule has 2 aliphatic rings. The average molecular weight is 431 g/mol. The molecule has 0 aliphatic heterocycles. The van der Waals surface area contributed by atoms with Crippen molar-refractivity contribution in [2.75, 3.05) is 0 Å². The molecule has 0 bridgehead atoms. The molecule has 0 aromatic heterocycles. The Hall–Kier alpha value is -3.45. The molecule has 0 fully saturated rings. The number of halogens is 1.